The van der Waals surface area contributed by atoms with Gasteiger partial charge in [-0.15, -0.1) is 0 Å². The van der Waals surface area contributed by atoms with Gasteiger partial charge in [-0.25, -0.2) is 0 Å². The molecule has 0 fully saturated rings. The number of hydrogen-bond donors (Lipinski definition) is 3. The molecule has 0 aliphatic rings. The predicted molar refractivity (Wildman–Crippen MR) is 73.3 cm³/mol. The molecule has 19 heavy (non-hydrogen) atoms. The molecule has 0 radical (unpaired) electrons. The predicted octanol–water partition coefficient (Wildman–Crippen LogP) is 2.13. The molecule has 0 aromatic heterocycles. The highest BCUT2D eigenvalue weighted by molar-refractivity contribution is 5.97. The molecule has 0 bridgehead atoms. The fourth-order valence-corrected chi connectivity index (χ4v) is 1.37. The molecule has 5 nitrogen and oxygen atoms in total. The van der Waals surface area contributed by atoms with Crippen LogP contribution in [0.2, 0.25) is 0 Å². The lowest BCUT2D eigenvalue weighted by Crippen LogP contribution is -2.25. The smallest absolute Gasteiger partial charge is 0.263 e. The Morgan fingerprint density at radius 1 is 1.53 bits per heavy atom. The van der Waals surface area contributed by atoms with Crippen molar-refractivity contribution in [2.24, 2.45) is 0 Å². The first-order valence-electron chi connectivity index (χ1n) is 6.11. The van der Waals surface area contributed by atoms with Crippen LogP contribution in [0.1, 0.15) is 19.8 Å². The van der Waals surface area contributed by atoms with E-state index in [-0.39, 0.29) is 11.3 Å². The number of unbranched alkanes of at least 4 members (excludes halogenated alkanes) is 1. The molecule has 3 N–H and O–H groups in total. The van der Waals surface area contributed by atoms with Crippen LogP contribution >= 0.6 is 0 Å². The van der Waals surface area contributed by atoms with E-state index in [9.17, 15) is 9.90 Å². The van der Waals surface area contributed by atoms with Gasteiger partial charge in [0.1, 0.15) is 17.4 Å². The van der Waals surface area contributed by atoms with Crippen molar-refractivity contribution >= 4 is 11.6 Å². The van der Waals surface area contributed by atoms with E-state index in [1.54, 1.807) is 12.1 Å². The summed E-state index contributed by atoms with van der Waals surface area (Å²) in [6, 6.07) is 8.27. The minimum absolute atomic E-state index is 0.000513. The van der Waals surface area contributed by atoms with Gasteiger partial charge in [0.2, 0.25) is 0 Å². The summed E-state index contributed by atoms with van der Waals surface area (Å²) in [4.78, 5) is 11.6. The summed E-state index contributed by atoms with van der Waals surface area (Å²) in [5.74, 6) is -0.284. The number of benzene rings is 1. The molecule has 0 saturated carbocycles. The Balaban J connectivity index is 2.62. The van der Waals surface area contributed by atoms with Crippen molar-refractivity contribution in [3.8, 4) is 11.8 Å². The van der Waals surface area contributed by atoms with E-state index in [0.717, 1.165) is 12.8 Å². The Labute approximate surface area is 112 Å². The first-order chi connectivity index (χ1) is 9.17. The Morgan fingerprint density at radius 2 is 2.32 bits per heavy atom. The number of carbonyl (C=O) groups excluding carboxylic acids is 1. The van der Waals surface area contributed by atoms with E-state index in [2.05, 4.69) is 10.6 Å². The van der Waals surface area contributed by atoms with Gasteiger partial charge in [0.15, 0.2) is 0 Å². The summed E-state index contributed by atoms with van der Waals surface area (Å²) >= 11 is 0. The Morgan fingerprint density at radius 3 is 2.95 bits per heavy atom. The molecule has 0 saturated heterocycles. The highest BCUT2D eigenvalue weighted by atomic mass is 16.3. The summed E-state index contributed by atoms with van der Waals surface area (Å²) in [6.07, 6.45) is 3.19. The number of nitrogens with zero attached hydrogens (tertiary/aromatic N) is 1. The van der Waals surface area contributed by atoms with Crippen molar-refractivity contribution in [1.29, 1.82) is 5.26 Å². The maximum absolute atomic E-state index is 11.6. The monoisotopic (exact) mass is 259 g/mol. The number of hydrogen-bond acceptors (Lipinski definition) is 4. The number of nitriles is 1. The molecule has 0 atom stereocenters. The van der Waals surface area contributed by atoms with E-state index in [1.165, 1.54) is 18.3 Å². The summed E-state index contributed by atoms with van der Waals surface area (Å²) in [7, 11) is 0. The van der Waals surface area contributed by atoms with Gasteiger partial charge in [0.05, 0.1) is 0 Å². The highest BCUT2D eigenvalue weighted by Gasteiger charge is 2.07. The third-order valence-corrected chi connectivity index (χ3v) is 2.41. The number of phenolic OH excluding ortho intramolecular Hbond substituents is 1. The molecule has 0 aliphatic heterocycles. The van der Waals surface area contributed by atoms with Crippen LogP contribution in [-0.2, 0) is 4.79 Å². The molecule has 1 amide bonds. The summed E-state index contributed by atoms with van der Waals surface area (Å²) < 4.78 is 0. The van der Waals surface area contributed by atoms with Gasteiger partial charge in [-0.3, -0.25) is 4.79 Å². The quantitative estimate of drug-likeness (QED) is 0.415. The summed E-state index contributed by atoms with van der Waals surface area (Å²) in [5, 5.41) is 23.7. The topological polar surface area (TPSA) is 85.2 Å². The van der Waals surface area contributed by atoms with Crippen LogP contribution in [0.15, 0.2) is 36.0 Å². The van der Waals surface area contributed by atoms with Crippen molar-refractivity contribution in [3.63, 3.8) is 0 Å². The second-order valence-corrected chi connectivity index (χ2v) is 3.97. The highest BCUT2D eigenvalue weighted by Crippen LogP contribution is 2.15. The fourth-order valence-electron chi connectivity index (χ4n) is 1.37. The molecular formula is C14H17N3O2. The number of anilines is 1. The van der Waals surface area contributed by atoms with Crippen LogP contribution in [0, 0.1) is 11.3 Å². The fraction of sp³-hybridized carbons (Fsp3) is 0.286. The lowest BCUT2D eigenvalue weighted by Gasteiger charge is -2.04. The Kier molecular flexibility index (Phi) is 5.96. The standard InChI is InChI=1S/C14H17N3O2/c1-2-3-7-16-14(19)11(9-15)10-17-12-5-4-6-13(18)8-12/h4-6,8,10,17-18H,2-3,7H2,1H3,(H,16,19)/b11-10-. The average Bonchev–Trinajstić information content (AvgIpc) is 2.40. The first-order valence-corrected chi connectivity index (χ1v) is 6.11. The van der Waals surface area contributed by atoms with E-state index < -0.39 is 5.91 Å². The minimum atomic E-state index is -0.399. The van der Waals surface area contributed by atoms with Crippen molar-refractivity contribution in [1.82, 2.24) is 5.32 Å². The van der Waals surface area contributed by atoms with Gasteiger partial charge in [0, 0.05) is 24.5 Å². The van der Waals surface area contributed by atoms with Crippen LogP contribution in [-0.4, -0.2) is 17.6 Å². The van der Waals surface area contributed by atoms with Crippen molar-refractivity contribution < 1.29 is 9.90 Å². The SMILES string of the molecule is CCCCNC(=O)/C(C#N)=C\Nc1cccc(O)c1. The largest absolute Gasteiger partial charge is 0.508 e. The number of rotatable bonds is 6. The van der Waals surface area contributed by atoms with Crippen LogP contribution < -0.4 is 10.6 Å². The molecular weight excluding hydrogens is 242 g/mol. The molecule has 1 aromatic rings. The Hall–Kier alpha value is -2.48. The van der Waals surface area contributed by atoms with Crippen molar-refractivity contribution in [2.75, 3.05) is 11.9 Å². The zero-order valence-electron chi connectivity index (χ0n) is 10.8. The summed E-state index contributed by atoms with van der Waals surface area (Å²) in [6.45, 7) is 2.58. The van der Waals surface area contributed by atoms with Crippen LogP contribution in [0.3, 0.4) is 0 Å². The zero-order valence-corrected chi connectivity index (χ0v) is 10.8. The second kappa shape index (κ2) is 7.77. The van der Waals surface area contributed by atoms with Gasteiger partial charge in [0.25, 0.3) is 5.91 Å². The molecule has 0 heterocycles. The van der Waals surface area contributed by atoms with Crippen molar-refractivity contribution in [3.05, 3.63) is 36.0 Å². The maximum atomic E-state index is 11.6. The van der Waals surface area contributed by atoms with Gasteiger partial charge in [-0.05, 0) is 18.6 Å². The van der Waals surface area contributed by atoms with E-state index in [4.69, 9.17) is 5.26 Å². The molecule has 5 heteroatoms. The number of phenols is 1. The van der Waals surface area contributed by atoms with Gasteiger partial charge >= 0.3 is 0 Å². The third kappa shape index (κ3) is 5.13. The van der Waals surface area contributed by atoms with E-state index in [0.29, 0.717) is 12.2 Å². The van der Waals surface area contributed by atoms with E-state index >= 15 is 0 Å². The Bertz CT molecular complexity index is 504. The third-order valence-electron chi connectivity index (χ3n) is 2.41. The molecule has 0 unspecified atom stereocenters. The lowest BCUT2D eigenvalue weighted by molar-refractivity contribution is -0.117. The number of amides is 1. The van der Waals surface area contributed by atoms with Gasteiger partial charge in [-0.1, -0.05) is 19.4 Å². The first kappa shape index (κ1) is 14.6. The minimum Gasteiger partial charge on any atom is -0.508 e. The van der Waals surface area contributed by atoms with Crippen LogP contribution in [0.4, 0.5) is 5.69 Å². The van der Waals surface area contributed by atoms with Gasteiger partial charge in [-0.2, -0.15) is 5.26 Å². The van der Waals surface area contributed by atoms with Crippen LogP contribution in [0.5, 0.6) is 5.75 Å². The molecule has 100 valence electrons. The second-order valence-electron chi connectivity index (χ2n) is 3.97. The molecule has 1 aromatic carbocycles. The lowest BCUT2D eigenvalue weighted by atomic mass is 10.2. The average molecular weight is 259 g/mol. The number of nitrogens with one attached hydrogen (secondary N) is 2. The molecule has 0 spiro atoms. The maximum Gasteiger partial charge on any atom is 0.263 e. The normalized spacial score (nSPS) is 10.6. The van der Waals surface area contributed by atoms with E-state index in [1.807, 2.05) is 13.0 Å². The molecule has 1 rings (SSSR count). The molecule has 0 aliphatic carbocycles. The number of aromatic hydroxyl groups is 1. The summed E-state index contributed by atoms with van der Waals surface area (Å²) in [5.41, 5.74) is 0.605. The zero-order chi connectivity index (χ0) is 14.1. The number of carbonyl (C=O) groups is 1. The van der Waals surface area contributed by atoms with Crippen LogP contribution in [0.25, 0.3) is 0 Å². The van der Waals surface area contributed by atoms with Crippen molar-refractivity contribution in [2.45, 2.75) is 19.8 Å². The van der Waals surface area contributed by atoms with Gasteiger partial charge < -0.3 is 15.7 Å².